The molecule has 2 N–H and O–H groups in total. The van der Waals surface area contributed by atoms with E-state index < -0.39 is 0 Å². The van der Waals surface area contributed by atoms with Crippen molar-refractivity contribution in [3.8, 4) is 0 Å². The molecule has 0 amide bonds. The fraction of sp³-hybridized carbons (Fsp3) is 1.00. The van der Waals surface area contributed by atoms with Gasteiger partial charge in [-0.2, -0.15) is 0 Å². The number of nitrogens with one attached hydrogen (secondary N) is 1. The molecule has 0 spiro atoms. The summed E-state index contributed by atoms with van der Waals surface area (Å²) in [7, 11) is 0. The van der Waals surface area contributed by atoms with Crippen LogP contribution in [0.25, 0.3) is 0 Å². The SMILES string of the molecule is CC(C)CNCC1(CN2CCC(O)C2)CCCOC1. The molecule has 112 valence electrons. The van der Waals surface area contributed by atoms with Crippen LogP contribution in [0.3, 0.4) is 0 Å². The summed E-state index contributed by atoms with van der Waals surface area (Å²) in [6, 6.07) is 0. The summed E-state index contributed by atoms with van der Waals surface area (Å²) in [6.45, 7) is 11.3. The predicted molar refractivity (Wildman–Crippen MR) is 77.3 cm³/mol. The molecule has 0 aromatic carbocycles. The first-order valence-electron chi connectivity index (χ1n) is 7.78. The summed E-state index contributed by atoms with van der Waals surface area (Å²) in [4.78, 5) is 2.41. The van der Waals surface area contributed by atoms with E-state index in [-0.39, 0.29) is 11.5 Å². The van der Waals surface area contributed by atoms with Crippen molar-refractivity contribution >= 4 is 0 Å². The lowest BCUT2D eigenvalue weighted by atomic mass is 9.81. The lowest BCUT2D eigenvalue weighted by Crippen LogP contribution is -2.49. The Morgan fingerprint density at radius 1 is 1.47 bits per heavy atom. The van der Waals surface area contributed by atoms with E-state index in [2.05, 4.69) is 24.1 Å². The molecule has 4 nitrogen and oxygen atoms in total. The van der Waals surface area contributed by atoms with Gasteiger partial charge in [0.05, 0.1) is 12.7 Å². The van der Waals surface area contributed by atoms with Gasteiger partial charge < -0.3 is 15.2 Å². The van der Waals surface area contributed by atoms with Crippen molar-refractivity contribution in [1.82, 2.24) is 10.2 Å². The zero-order valence-electron chi connectivity index (χ0n) is 12.5. The topological polar surface area (TPSA) is 44.7 Å². The van der Waals surface area contributed by atoms with E-state index in [1.807, 2.05) is 0 Å². The minimum atomic E-state index is -0.120. The molecule has 0 aliphatic carbocycles. The largest absolute Gasteiger partial charge is 0.392 e. The van der Waals surface area contributed by atoms with Gasteiger partial charge in [-0.25, -0.2) is 0 Å². The minimum absolute atomic E-state index is 0.120. The van der Waals surface area contributed by atoms with E-state index in [1.165, 1.54) is 12.8 Å². The lowest BCUT2D eigenvalue weighted by molar-refractivity contribution is -0.0245. The van der Waals surface area contributed by atoms with Crippen molar-refractivity contribution in [3.63, 3.8) is 0 Å². The van der Waals surface area contributed by atoms with Crippen molar-refractivity contribution in [2.45, 2.75) is 39.2 Å². The van der Waals surface area contributed by atoms with Gasteiger partial charge in [0.15, 0.2) is 0 Å². The van der Waals surface area contributed by atoms with Crippen LogP contribution in [0.4, 0.5) is 0 Å². The lowest BCUT2D eigenvalue weighted by Gasteiger charge is -2.40. The highest BCUT2D eigenvalue weighted by atomic mass is 16.5. The van der Waals surface area contributed by atoms with E-state index in [9.17, 15) is 5.11 Å². The van der Waals surface area contributed by atoms with Crippen molar-refractivity contribution < 1.29 is 9.84 Å². The molecule has 2 aliphatic heterocycles. The van der Waals surface area contributed by atoms with Crippen LogP contribution in [0, 0.1) is 11.3 Å². The molecule has 2 saturated heterocycles. The Bertz CT molecular complexity index is 265. The molecule has 2 aliphatic rings. The molecule has 2 fully saturated rings. The molecule has 0 aromatic rings. The average Bonchev–Trinajstić information content (AvgIpc) is 2.75. The van der Waals surface area contributed by atoms with Crippen molar-refractivity contribution in [3.05, 3.63) is 0 Å². The van der Waals surface area contributed by atoms with Gasteiger partial charge in [0.1, 0.15) is 0 Å². The first kappa shape index (κ1) is 15.2. The number of nitrogens with zero attached hydrogens (tertiary/aromatic N) is 1. The third-order valence-corrected chi connectivity index (χ3v) is 4.26. The van der Waals surface area contributed by atoms with Crippen molar-refractivity contribution in [1.29, 1.82) is 0 Å². The first-order valence-corrected chi connectivity index (χ1v) is 7.78. The Kier molecular flexibility index (Phi) is 5.63. The van der Waals surface area contributed by atoms with Crippen molar-refractivity contribution in [2.24, 2.45) is 11.3 Å². The predicted octanol–water partition coefficient (Wildman–Crippen LogP) is 1.10. The fourth-order valence-electron chi connectivity index (χ4n) is 3.29. The van der Waals surface area contributed by atoms with Crippen LogP contribution in [-0.2, 0) is 4.74 Å². The third kappa shape index (κ3) is 4.71. The van der Waals surface area contributed by atoms with Crippen LogP contribution in [0.2, 0.25) is 0 Å². The van der Waals surface area contributed by atoms with E-state index in [0.717, 1.165) is 52.4 Å². The van der Waals surface area contributed by atoms with Crippen LogP contribution < -0.4 is 5.32 Å². The first-order chi connectivity index (χ1) is 9.10. The van der Waals surface area contributed by atoms with Crippen LogP contribution in [0.15, 0.2) is 0 Å². The number of hydrogen-bond acceptors (Lipinski definition) is 4. The van der Waals surface area contributed by atoms with Gasteiger partial charge >= 0.3 is 0 Å². The van der Waals surface area contributed by atoms with Gasteiger partial charge in [-0.15, -0.1) is 0 Å². The van der Waals surface area contributed by atoms with Gasteiger partial charge in [-0.3, -0.25) is 4.90 Å². The van der Waals surface area contributed by atoms with Crippen molar-refractivity contribution in [2.75, 3.05) is 45.9 Å². The van der Waals surface area contributed by atoms with Crippen LogP contribution in [-0.4, -0.2) is 62.0 Å². The van der Waals surface area contributed by atoms with Gasteiger partial charge in [0.2, 0.25) is 0 Å². The fourth-order valence-corrected chi connectivity index (χ4v) is 3.29. The number of aliphatic hydroxyl groups is 1. The van der Waals surface area contributed by atoms with Gasteiger partial charge in [-0.1, -0.05) is 13.8 Å². The summed E-state index contributed by atoms with van der Waals surface area (Å²) in [6.07, 6.45) is 3.21. The highest BCUT2D eigenvalue weighted by molar-refractivity contribution is 4.89. The van der Waals surface area contributed by atoms with E-state index >= 15 is 0 Å². The number of likely N-dealkylation sites (tertiary alicyclic amines) is 1. The maximum atomic E-state index is 9.67. The van der Waals surface area contributed by atoms with E-state index in [1.54, 1.807) is 0 Å². The second-order valence-corrected chi connectivity index (χ2v) is 6.86. The molecule has 2 heterocycles. The summed E-state index contributed by atoms with van der Waals surface area (Å²) in [5, 5.41) is 13.3. The van der Waals surface area contributed by atoms with Gasteiger partial charge in [0.25, 0.3) is 0 Å². The summed E-state index contributed by atoms with van der Waals surface area (Å²) in [5.74, 6) is 0.690. The number of β-amino-alcohol motifs (C(OH)–C–C–N with tert-alkyl or cyclic N) is 1. The number of ether oxygens (including phenoxy) is 1. The maximum Gasteiger partial charge on any atom is 0.0679 e. The van der Waals surface area contributed by atoms with Gasteiger partial charge in [0, 0.05) is 38.2 Å². The standard InChI is InChI=1S/C15H30N2O2/c1-13(2)8-16-10-15(5-3-7-19-12-15)11-17-6-4-14(18)9-17/h13-14,16,18H,3-12H2,1-2H3. The maximum absolute atomic E-state index is 9.67. The molecular formula is C15H30N2O2. The molecule has 2 atom stereocenters. The molecule has 0 saturated carbocycles. The van der Waals surface area contributed by atoms with Gasteiger partial charge in [-0.05, 0) is 31.7 Å². The third-order valence-electron chi connectivity index (χ3n) is 4.26. The summed E-state index contributed by atoms with van der Waals surface area (Å²) < 4.78 is 5.75. The minimum Gasteiger partial charge on any atom is -0.392 e. The van der Waals surface area contributed by atoms with Crippen LogP contribution in [0.1, 0.15) is 33.1 Å². The molecule has 0 bridgehead atoms. The Morgan fingerprint density at radius 3 is 2.89 bits per heavy atom. The molecule has 4 heteroatoms. The molecule has 0 radical (unpaired) electrons. The Morgan fingerprint density at radius 2 is 2.32 bits per heavy atom. The summed E-state index contributed by atoms with van der Waals surface area (Å²) >= 11 is 0. The molecule has 19 heavy (non-hydrogen) atoms. The zero-order valence-corrected chi connectivity index (χ0v) is 12.5. The smallest absolute Gasteiger partial charge is 0.0679 e. The number of rotatable bonds is 6. The Labute approximate surface area is 117 Å². The normalized spacial score (nSPS) is 33.2. The number of aliphatic hydroxyl groups excluding tert-OH is 1. The molecular weight excluding hydrogens is 240 g/mol. The Balaban J connectivity index is 1.86. The summed E-state index contributed by atoms with van der Waals surface area (Å²) in [5.41, 5.74) is 0.247. The quantitative estimate of drug-likeness (QED) is 0.758. The van der Waals surface area contributed by atoms with E-state index in [4.69, 9.17) is 4.74 Å². The van der Waals surface area contributed by atoms with Crippen LogP contribution >= 0.6 is 0 Å². The zero-order chi connectivity index (χ0) is 13.7. The highest BCUT2D eigenvalue weighted by Gasteiger charge is 2.36. The monoisotopic (exact) mass is 270 g/mol. The molecule has 2 rings (SSSR count). The second kappa shape index (κ2) is 7.02. The average molecular weight is 270 g/mol. The highest BCUT2D eigenvalue weighted by Crippen LogP contribution is 2.30. The number of hydrogen-bond donors (Lipinski definition) is 2. The Hall–Kier alpha value is -0.160. The second-order valence-electron chi connectivity index (χ2n) is 6.86. The van der Waals surface area contributed by atoms with E-state index in [0.29, 0.717) is 5.92 Å². The molecule has 0 aromatic heterocycles. The molecule has 2 unspecified atom stereocenters. The van der Waals surface area contributed by atoms with Crippen LogP contribution in [0.5, 0.6) is 0 Å².